The normalized spacial score (nSPS) is 12.0. The van der Waals surface area contributed by atoms with Crippen LogP contribution in [0.25, 0.3) is 0 Å². The van der Waals surface area contributed by atoms with Gasteiger partial charge in [0.2, 0.25) is 11.8 Å². The molecule has 4 nitrogen and oxygen atoms in total. The van der Waals surface area contributed by atoms with E-state index in [-0.39, 0.29) is 0 Å². The van der Waals surface area contributed by atoms with E-state index in [1.54, 1.807) is 14.2 Å². The lowest BCUT2D eigenvalue weighted by Crippen LogP contribution is -2.06. The summed E-state index contributed by atoms with van der Waals surface area (Å²) >= 11 is 0. The maximum absolute atomic E-state index is 5.63. The van der Waals surface area contributed by atoms with Crippen LogP contribution in [0.4, 0.5) is 11.4 Å². The standard InChI is InChI=1S/C34H44N2O2/c1-5-7-9-11-13-27-15-23-31(24-16-27)35-33(37-3)29-19-21-30(22-20-29)34(38-4)36-32-25-17-28(18-26-32)14-12-10-8-6-2/h15-26H,5-14H2,1-4H3. The second-order valence-electron chi connectivity index (χ2n) is 9.77. The molecule has 0 unspecified atom stereocenters. The van der Waals surface area contributed by atoms with Crippen LogP contribution in [0, 0.1) is 0 Å². The van der Waals surface area contributed by atoms with Gasteiger partial charge in [0.1, 0.15) is 0 Å². The second-order valence-corrected chi connectivity index (χ2v) is 9.77. The van der Waals surface area contributed by atoms with Gasteiger partial charge < -0.3 is 9.47 Å². The second kappa shape index (κ2) is 16.4. The molecule has 0 aliphatic rings. The quantitative estimate of drug-likeness (QED) is 0.123. The molecular formula is C34H44N2O2. The monoisotopic (exact) mass is 512 g/mol. The Morgan fingerprint density at radius 1 is 0.500 bits per heavy atom. The van der Waals surface area contributed by atoms with Crippen LogP contribution in [0.15, 0.2) is 82.8 Å². The molecule has 0 amide bonds. The first-order valence-corrected chi connectivity index (χ1v) is 14.2. The smallest absolute Gasteiger partial charge is 0.220 e. The van der Waals surface area contributed by atoms with Crippen molar-refractivity contribution in [3.63, 3.8) is 0 Å². The van der Waals surface area contributed by atoms with Crippen LogP contribution in [0.5, 0.6) is 0 Å². The fourth-order valence-corrected chi connectivity index (χ4v) is 4.43. The predicted octanol–water partition coefficient (Wildman–Crippen LogP) is 9.38. The molecule has 3 rings (SSSR count). The Morgan fingerprint density at radius 2 is 0.868 bits per heavy atom. The van der Waals surface area contributed by atoms with E-state index < -0.39 is 0 Å². The fourth-order valence-electron chi connectivity index (χ4n) is 4.43. The van der Waals surface area contributed by atoms with Crippen molar-refractivity contribution in [3.8, 4) is 0 Å². The lowest BCUT2D eigenvalue weighted by molar-refractivity contribution is 0.404. The van der Waals surface area contributed by atoms with E-state index in [1.165, 1.54) is 62.5 Å². The van der Waals surface area contributed by atoms with Gasteiger partial charge in [0.15, 0.2) is 0 Å². The molecule has 0 spiro atoms. The highest BCUT2D eigenvalue weighted by Gasteiger charge is 2.09. The number of ether oxygens (including phenoxy) is 2. The first-order valence-electron chi connectivity index (χ1n) is 14.2. The van der Waals surface area contributed by atoms with Gasteiger partial charge in [-0.05, 0) is 85.3 Å². The Balaban J connectivity index is 1.65. The molecule has 3 aromatic carbocycles. The zero-order valence-electron chi connectivity index (χ0n) is 23.7. The number of benzene rings is 3. The third-order valence-electron chi connectivity index (χ3n) is 6.74. The summed E-state index contributed by atoms with van der Waals surface area (Å²) in [5, 5.41) is 0. The van der Waals surface area contributed by atoms with Crippen LogP contribution >= 0.6 is 0 Å². The van der Waals surface area contributed by atoms with E-state index in [0.717, 1.165) is 35.3 Å². The number of unbranched alkanes of at least 4 members (excludes halogenated alkanes) is 6. The number of aliphatic imine (C=N–C) groups is 2. The van der Waals surface area contributed by atoms with Crippen LogP contribution < -0.4 is 0 Å². The molecule has 0 saturated heterocycles. The van der Waals surface area contributed by atoms with E-state index in [1.807, 2.05) is 24.3 Å². The molecule has 0 aliphatic heterocycles. The van der Waals surface area contributed by atoms with Crippen molar-refractivity contribution in [1.29, 1.82) is 0 Å². The molecule has 0 atom stereocenters. The molecule has 0 saturated carbocycles. The molecule has 38 heavy (non-hydrogen) atoms. The van der Waals surface area contributed by atoms with Gasteiger partial charge in [-0.2, -0.15) is 0 Å². The Morgan fingerprint density at radius 3 is 1.18 bits per heavy atom. The molecule has 0 aliphatic carbocycles. The Bertz CT molecular complexity index is 1040. The molecule has 0 heterocycles. The lowest BCUT2D eigenvalue weighted by Gasteiger charge is -2.09. The fraction of sp³-hybridized carbons (Fsp3) is 0.412. The number of methoxy groups -OCH3 is 2. The average Bonchev–Trinajstić information content (AvgIpc) is 2.96. The Kier molecular flexibility index (Phi) is 12.6. The van der Waals surface area contributed by atoms with Crippen molar-refractivity contribution in [3.05, 3.63) is 95.1 Å². The predicted molar refractivity (Wildman–Crippen MR) is 161 cm³/mol. The van der Waals surface area contributed by atoms with E-state index in [0.29, 0.717) is 11.8 Å². The summed E-state index contributed by atoms with van der Waals surface area (Å²) in [5.41, 5.74) is 6.30. The molecule has 0 radical (unpaired) electrons. The van der Waals surface area contributed by atoms with Crippen molar-refractivity contribution in [2.45, 2.75) is 78.1 Å². The molecule has 0 fully saturated rings. The number of hydrogen-bond acceptors (Lipinski definition) is 4. The maximum atomic E-state index is 5.63. The lowest BCUT2D eigenvalue weighted by atomic mass is 10.1. The van der Waals surface area contributed by atoms with E-state index in [4.69, 9.17) is 19.5 Å². The minimum absolute atomic E-state index is 0.581. The Hall–Kier alpha value is -3.40. The zero-order chi connectivity index (χ0) is 27.0. The van der Waals surface area contributed by atoms with Crippen LogP contribution in [0.1, 0.15) is 87.5 Å². The summed E-state index contributed by atoms with van der Waals surface area (Å²) in [6.07, 6.45) is 12.5. The number of aryl methyl sites for hydroxylation is 2. The number of hydrogen-bond donors (Lipinski definition) is 0. The summed E-state index contributed by atoms with van der Waals surface area (Å²) in [6.45, 7) is 4.49. The molecule has 3 aromatic rings. The van der Waals surface area contributed by atoms with Crippen LogP contribution in [-0.2, 0) is 22.3 Å². The van der Waals surface area contributed by atoms with E-state index in [2.05, 4.69) is 62.4 Å². The van der Waals surface area contributed by atoms with Crippen molar-refractivity contribution in [1.82, 2.24) is 0 Å². The van der Waals surface area contributed by atoms with Gasteiger partial charge in [0.05, 0.1) is 25.6 Å². The highest BCUT2D eigenvalue weighted by atomic mass is 16.5. The van der Waals surface area contributed by atoms with Crippen molar-refractivity contribution in [2.24, 2.45) is 9.98 Å². The maximum Gasteiger partial charge on any atom is 0.220 e. The van der Waals surface area contributed by atoms with Crippen LogP contribution in [0.3, 0.4) is 0 Å². The van der Waals surface area contributed by atoms with Crippen molar-refractivity contribution < 1.29 is 9.47 Å². The van der Waals surface area contributed by atoms with Crippen LogP contribution in [-0.4, -0.2) is 26.0 Å². The van der Waals surface area contributed by atoms with Gasteiger partial charge in [-0.3, -0.25) is 0 Å². The highest BCUT2D eigenvalue weighted by molar-refractivity contribution is 5.99. The van der Waals surface area contributed by atoms with Gasteiger partial charge in [-0.1, -0.05) is 76.6 Å². The SMILES string of the molecule is CCCCCCc1ccc(N=C(OC)c2ccc(C(=Nc3ccc(CCCCCC)cc3)OC)cc2)cc1. The van der Waals surface area contributed by atoms with Crippen molar-refractivity contribution in [2.75, 3.05) is 14.2 Å². The third-order valence-corrected chi connectivity index (χ3v) is 6.74. The van der Waals surface area contributed by atoms with E-state index in [9.17, 15) is 0 Å². The minimum Gasteiger partial charge on any atom is -0.481 e. The number of rotatable bonds is 14. The van der Waals surface area contributed by atoms with Gasteiger partial charge in [0.25, 0.3) is 0 Å². The summed E-state index contributed by atoms with van der Waals surface area (Å²) in [7, 11) is 3.31. The average molecular weight is 513 g/mol. The van der Waals surface area contributed by atoms with Crippen LogP contribution in [0.2, 0.25) is 0 Å². The molecule has 0 N–H and O–H groups in total. The first kappa shape index (κ1) is 29.2. The van der Waals surface area contributed by atoms with Gasteiger partial charge in [0, 0.05) is 11.1 Å². The topological polar surface area (TPSA) is 43.2 Å². The molecular weight excluding hydrogens is 468 g/mol. The largest absolute Gasteiger partial charge is 0.481 e. The summed E-state index contributed by atoms with van der Waals surface area (Å²) in [4.78, 5) is 9.47. The molecule has 0 bridgehead atoms. The summed E-state index contributed by atoms with van der Waals surface area (Å²) < 4.78 is 11.3. The Labute approximate surface area is 229 Å². The highest BCUT2D eigenvalue weighted by Crippen LogP contribution is 2.20. The van der Waals surface area contributed by atoms with Gasteiger partial charge in [-0.15, -0.1) is 0 Å². The molecule has 4 heteroatoms. The first-order chi connectivity index (χ1) is 18.7. The van der Waals surface area contributed by atoms with E-state index >= 15 is 0 Å². The van der Waals surface area contributed by atoms with Gasteiger partial charge in [-0.25, -0.2) is 9.98 Å². The minimum atomic E-state index is 0.581. The molecule has 202 valence electrons. The third kappa shape index (κ3) is 9.48. The van der Waals surface area contributed by atoms with Crippen molar-refractivity contribution >= 4 is 23.2 Å². The zero-order valence-corrected chi connectivity index (χ0v) is 23.7. The van der Waals surface area contributed by atoms with Gasteiger partial charge >= 0.3 is 0 Å². The molecule has 0 aromatic heterocycles. The summed E-state index contributed by atoms with van der Waals surface area (Å²) in [5.74, 6) is 1.16. The number of nitrogens with zero attached hydrogens (tertiary/aromatic N) is 2. The summed E-state index contributed by atoms with van der Waals surface area (Å²) in [6, 6.07) is 24.9.